The van der Waals surface area contributed by atoms with Crippen LogP contribution in [0.3, 0.4) is 0 Å². The SMILES string of the molecule is CCCC(CN)C(=O)OC1CC(C)CC(C)(C)C1. The Morgan fingerprint density at radius 2 is 2.11 bits per heavy atom. The largest absolute Gasteiger partial charge is 0.462 e. The smallest absolute Gasteiger partial charge is 0.310 e. The second kappa shape index (κ2) is 6.55. The molecule has 0 aromatic heterocycles. The van der Waals surface area contributed by atoms with Gasteiger partial charge in [-0.2, -0.15) is 0 Å². The van der Waals surface area contributed by atoms with Gasteiger partial charge >= 0.3 is 5.97 Å². The second-order valence-electron chi connectivity index (χ2n) is 6.69. The Bertz CT molecular complexity index is 276. The van der Waals surface area contributed by atoms with Crippen LogP contribution in [0.5, 0.6) is 0 Å². The van der Waals surface area contributed by atoms with E-state index in [-0.39, 0.29) is 23.4 Å². The molecule has 3 unspecified atom stereocenters. The molecule has 0 amide bonds. The third-order valence-electron chi connectivity index (χ3n) is 3.88. The van der Waals surface area contributed by atoms with E-state index < -0.39 is 0 Å². The van der Waals surface area contributed by atoms with Gasteiger partial charge in [0, 0.05) is 6.54 Å². The van der Waals surface area contributed by atoms with E-state index in [2.05, 4.69) is 27.7 Å². The fraction of sp³-hybridized carbons (Fsp3) is 0.933. The third-order valence-corrected chi connectivity index (χ3v) is 3.88. The molecule has 0 heterocycles. The first-order valence-electron chi connectivity index (χ1n) is 7.28. The topological polar surface area (TPSA) is 52.3 Å². The lowest BCUT2D eigenvalue weighted by atomic mass is 9.71. The van der Waals surface area contributed by atoms with Crippen LogP contribution in [-0.4, -0.2) is 18.6 Å². The quantitative estimate of drug-likeness (QED) is 0.768. The molecule has 0 aromatic carbocycles. The van der Waals surface area contributed by atoms with Crippen molar-refractivity contribution in [1.29, 1.82) is 0 Å². The number of hydrogen-bond donors (Lipinski definition) is 1. The van der Waals surface area contributed by atoms with E-state index in [9.17, 15) is 4.79 Å². The number of hydrogen-bond acceptors (Lipinski definition) is 3. The predicted octanol–water partition coefficient (Wildman–Crippen LogP) is 3.12. The summed E-state index contributed by atoms with van der Waals surface area (Å²) < 4.78 is 5.68. The van der Waals surface area contributed by atoms with Gasteiger partial charge in [-0.05, 0) is 37.0 Å². The fourth-order valence-electron chi connectivity index (χ4n) is 3.29. The van der Waals surface area contributed by atoms with Crippen molar-refractivity contribution >= 4 is 5.97 Å². The van der Waals surface area contributed by atoms with Gasteiger partial charge in [-0.3, -0.25) is 4.79 Å². The molecule has 3 heteroatoms. The summed E-state index contributed by atoms with van der Waals surface area (Å²) in [6.07, 6.45) is 5.09. The lowest BCUT2D eigenvalue weighted by Crippen LogP contribution is -2.36. The molecule has 1 aliphatic carbocycles. The summed E-state index contributed by atoms with van der Waals surface area (Å²) >= 11 is 0. The van der Waals surface area contributed by atoms with Crippen LogP contribution in [0.15, 0.2) is 0 Å². The molecule has 0 spiro atoms. The maximum Gasteiger partial charge on any atom is 0.310 e. The lowest BCUT2D eigenvalue weighted by Gasteiger charge is -2.38. The highest BCUT2D eigenvalue weighted by molar-refractivity contribution is 5.72. The van der Waals surface area contributed by atoms with E-state index in [1.165, 1.54) is 6.42 Å². The average molecular weight is 255 g/mol. The summed E-state index contributed by atoms with van der Waals surface area (Å²) in [5, 5.41) is 0. The van der Waals surface area contributed by atoms with Crippen molar-refractivity contribution in [1.82, 2.24) is 0 Å². The van der Waals surface area contributed by atoms with Crippen molar-refractivity contribution in [2.45, 2.75) is 65.9 Å². The van der Waals surface area contributed by atoms with Gasteiger partial charge in [0.05, 0.1) is 5.92 Å². The molecule has 2 N–H and O–H groups in total. The van der Waals surface area contributed by atoms with E-state index in [1.54, 1.807) is 0 Å². The number of rotatable bonds is 5. The molecule has 0 aromatic rings. The summed E-state index contributed by atoms with van der Waals surface area (Å²) in [5.74, 6) is 0.429. The number of esters is 1. The minimum absolute atomic E-state index is 0.0853. The van der Waals surface area contributed by atoms with Gasteiger partial charge in [0.25, 0.3) is 0 Å². The minimum atomic E-state index is -0.115. The molecule has 1 saturated carbocycles. The van der Waals surface area contributed by atoms with Gasteiger partial charge in [0.15, 0.2) is 0 Å². The first-order chi connectivity index (χ1) is 8.38. The number of ether oxygens (including phenoxy) is 1. The van der Waals surface area contributed by atoms with Crippen LogP contribution < -0.4 is 5.73 Å². The van der Waals surface area contributed by atoms with E-state index >= 15 is 0 Å². The van der Waals surface area contributed by atoms with Gasteiger partial charge in [-0.1, -0.05) is 34.1 Å². The van der Waals surface area contributed by atoms with E-state index in [0.717, 1.165) is 25.7 Å². The Morgan fingerprint density at radius 3 is 2.61 bits per heavy atom. The molecule has 1 aliphatic rings. The highest BCUT2D eigenvalue weighted by atomic mass is 16.5. The summed E-state index contributed by atoms with van der Waals surface area (Å²) in [5.41, 5.74) is 5.93. The molecular formula is C15H29NO2. The van der Waals surface area contributed by atoms with Gasteiger partial charge in [-0.25, -0.2) is 0 Å². The van der Waals surface area contributed by atoms with Crippen LogP contribution in [0, 0.1) is 17.3 Å². The molecule has 18 heavy (non-hydrogen) atoms. The first-order valence-corrected chi connectivity index (χ1v) is 7.28. The van der Waals surface area contributed by atoms with Crippen LogP contribution in [0.25, 0.3) is 0 Å². The Kier molecular flexibility index (Phi) is 5.64. The van der Waals surface area contributed by atoms with E-state index in [0.29, 0.717) is 12.5 Å². The lowest BCUT2D eigenvalue weighted by molar-refractivity contribution is -0.158. The normalized spacial score (nSPS) is 28.7. The van der Waals surface area contributed by atoms with Crippen molar-refractivity contribution in [2.75, 3.05) is 6.54 Å². The van der Waals surface area contributed by atoms with Gasteiger partial charge in [0.2, 0.25) is 0 Å². The summed E-state index contributed by atoms with van der Waals surface area (Å²) in [4.78, 5) is 12.0. The summed E-state index contributed by atoms with van der Waals surface area (Å²) in [6, 6.07) is 0. The molecule has 0 saturated heterocycles. The van der Waals surface area contributed by atoms with Crippen LogP contribution in [0.1, 0.15) is 59.8 Å². The van der Waals surface area contributed by atoms with Gasteiger partial charge in [-0.15, -0.1) is 0 Å². The fourth-order valence-corrected chi connectivity index (χ4v) is 3.29. The number of carbonyl (C=O) groups is 1. The van der Waals surface area contributed by atoms with Crippen LogP contribution in [-0.2, 0) is 9.53 Å². The van der Waals surface area contributed by atoms with E-state index in [4.69, 9.17) is 10.5 Å². The van der Waals surface area contributed by atoms with Crippen molar-refractivity contribution in [2.24, 2.45) is 23.0 Å². The van der Waals surface area contributed by atoms with Crippen molar-refractivity contribution < 1.29 is 9.53 Å². The zero-order chi connectivity index (χ0) is 13.8. The van der Waals surface area contributed by atoms with Crippen LogP contribution in [0.4, 0.5) is 0 Å². The molecule has 106 valence electrons. The first kappa shape index (κ1) is 15.5. The maximum atomic E-state index is 12.0. The molecule has 3 nitrogen and oxygen atoms in total. The predicted molar refractivity (Wildman–Crippen MR) is 74.1 cm³/mol. The molecule has 3 atom stereocenters. The molecule has 0 aliphatic heterocycles. The molecule has 0 bridgehead atoms. The molecule has 1 fully saturated rings. The number of nitrogens with two attached hydrogens (primary N) is 1. The monoisotopic (exact) mass is 255 g/mol. The molecular weight excluding hydrogens is 226 g/mol. The average Bonchev–Trinajstić information content (AvgIpc) is 2.22. The highest BCUT2D eigenvalue weighted by Crippen LogP contribution is 2.39. The van der Waals surface area contributed by atoms with Gasteiger partial charge < -0.3 is 10.5 Å². The third kappa shape index (κ3) is 4.60. The maximum absolute atomic E-state index is 12.0. The van der Waals surface area contributed by atoms with E-state index in [1.807, 2.05) is 0 Å². The molecule has 0 radical (unpaired) electrons. The summed E-state index contributed by atoms with van der Waals surface area (Å²) in [6.45, 7) is 9.24. The highest BCUT2D eigenvalue weighted by Gasteiger charge is 2.34. The van der Waals surface area contributed by atoms with Crippen LogP contribution in [0.2, 0.25) is 0 Å². The van der Waals surface area contributed by atoms with Crippen molar-refractivity contribution in [3.63, 3.8) is 0 Å². The van der Waals surface area contributed by atoms with Crippen molar-refractivity contribution in [3.8, 4) is 0 Å². The Morgan fingerprint density at radius 1 is 1.44 bits per heavy atom. The number of carbonyl (C=O) groups excluding carboxylic acids is 1. The Labute approximate surface area is 111 Å². The van der Waals surface area contributed by atoms with Gasteiger partial charge in [0.1, 0.15) is 6.10 Å². The standard InChI is InChI=1S/C15H29NO2/c1-5-6-12(10-16)14(17)18-13-7-11(2)8-15(3,4)9-13/h11-13H,5-10,16H2,1-4H3. The second-order valence-corrected chi connectivity index (χ2v) is 6.69. The zero-order valence-corrected chi connectivity index (χ0v) is 12.4. The molecule has 1 rings (SSSR count). The Balaban J connectivity index is 2.53. The van der Waals surface area contributed by atoms with Crippen molar-refractivity contribution in [3.05, 3.63) is 0 Å². The minimum Gasteiger partial charge on any atom is -0.462 e. The zero-order valence-electron chi connectivity index (χ0n) is 12.4. The van der Waals surface area contributed by atoms with Crippen LogP contribution >= 0.6 is 0 Å². The Hall–Kier alpha value is -0.570. The summed E-state index contributed by atoms with van der Waals surface area (Å²) in [7, 11) is 0.